The van der Waals surface area contributed by atoms with Gasteiger partial charge < -0.3 is 54.8 Å². The third kappa shape index (κ3) is 5.80. The summed E-state index contributed by atoms with van der Waals surface area (Å²) in [4.78, 5) is 43.9. The van der Waals surface area contributed by atoms with Gasteiger partial charge in [-0.15, -0.1) is 0 Å². The summed E-state index contributed by atoms with van der Waals surface area (Å²) in [5, 5.41) is 38.6. The van der Waals surface area contributed by atoms with Crippen LogP contribution in [0.2, 0.25) is 0 Å². The molecule has 3 fully saturated rings. The largest absolute Gasteiger partial charge is 0.507 e. The third-order valence-electron chi connectivity index (χ3n) is 10.9. The van der Waals surface area contributed by atoms with Gasteiger partial charge in [0.1, 0.15) is 29.0 Å². The molecule has 51 heavy (non-hydrogen) atoms. The summed E-state index contributed by atoms with van der Waals surface area (Å²) in [6.45, 7) is 6.99. The third-order valence-corrected chi connectivity index (χ3v) is 10.9. The first-order chi connectivity index (χ1) is 24.2. The first-order valence-electron chi connectivity index (χ1n) is 17.2. The lowest BCUT2D eigenvalue weighted by Crippen LogP contribution is -2.56. The van der Waals surface area contributed by atoms with E-state index in [2.05, 4.69) is 10.2 Å². The van der Waals surface area contributed by atoms with Crippen LogP contribution in [0.15, 0.2) is 18.2 Å². The lowest BCUT2D eigenvalue weighted by Gasteiger charge is -2.43. The molecule has 276 valence electrons. The van der Waals surface area contributed by atoms with Crippen molar-refractivity contribution in [3.05, 3.63) is 51.6 Å². The molecule has 0 radical (unpaired) electrons. The number of nitrogens with one attached hydrogen (secondary N) is 1. The molecule has 6 N–H and O–H groups in total. The number of ketones is 2. The number of ether oxygens (including phenoxy) is 6. The van der Waals surface area contributed by atoms with Crippen molar-refractivity contribution in [3.8, 4) is 17.2 Å². The number of aromatic hydroxyl groups is 2. The van der Waals surface area contributed by atoms with Gasteiger partial charge in [-0.1, -0.05) is 26.0 Å². The van der Waals surface area contributed by atoms with Crippen LogP contribution < -0.4 is 15.8 Å². The fraction of sp³-hybridized carbons (Fsp3) is 0.583. The number of carbonyl (C=O) groups is 3. The standard InChI is InChI=1S/C36H45N3O12/c1-16-31-19(39-9-10-48-33(47-5)32(39)51-31)11-22(49-16)50-21-13-36(45,34(44)38-15-35(2,3)14-37)12-18-24(21)30(43)26-25(28(18)41)27(40)17-7-6-8-20(46-4)23(17)29(26)42/h6-8,16,19,21-22,31-33,41,43,45H,9-15,37H2,1-5H3,(H,38,44)/t16-,19-,21-,22-,31+,32+,33-,36-/m0/s1. The average molecular weight is 712 g/mol. The van der Waals surface area contributed by atoms with E-state index in [1.165, 1.54) is 19.2 Å². The van der Waals surface area contributed by atoms with E-state index < -0.39 is 88.6 Å². The molecule has 0 aromatic heterocycles. The van der Waals surface area contributed by atoms with Crippen molar-refractivity contribution in [2.45, 2.75) is 88.8 Å². The minimum atomic E-state index is -2.16. The van der Waals surface area contributed by atoms with Gasteiger partial charge in [-0.25, -0.2) is 0 Å². The maximum Gasteiger partial charge on any atom is 0.252 e. The molecule has 15 heteroatoms. The number of methoxy groups -OCH3 is 2. The molecular formula is C36H45N3O12. The first-order valence-corrected chi connectivity index (χ1v) is 17.2. The molecule has 7 rings (SSSR count). The smallest absolute Gasteiger partial charge is 0.252 e. The normalized spacial score (nSPS) is 31.6. The Morgan fingerprint density at radius 2 is 1.86 bits per heavy atom. The van der Waals surface area contributed by atoms with Crippen molar-refractivity contribution in [2.75, 3.05) is 40.5 Å². The number of hydrogen-bond donors (Lipinski definition) is 5. The molecule has 5 aliphatic rings. The number of morpholine rings is 1. The van der Waals surface area contributed by atoms with E-state index in [4.69, 9.17) is 34.2 Å². The number of hydrogen-bond acceptors (Lipinski definition) is 14. The van der Waals surface area contributed by atoms with Crippen LogP contribution in [0.4, 0.5) is 0 Å². The first kappa shape index (κ1) is 35.7. The number of nitrogens with zero attached hydrogens (tertiary/aromatic N) is 1. The second kappa shape index (κ2) is 13.1. The maximum absolute atomic E-state index is 14.1. The van der Waals surface area contributed by atoms with Crippen molar-refractivity contribution >= 4 is 17.5 Å². The second-order valence-corrected chi connectivity index (χ2v) is 14.7. The summed E-state index contributed by atoms with van der Waals surface area (Å²) in [7, 11) is 2.91. The van der Waals surface area contributed by atoms with E-state index in [-0.39, 0.29) is 59.7 Å². The Labute approximate surface area is 294 Å². The fourth-order valence-electron chi connectivity index (χ4n) is 8.06. The maximum atomic E-state index is 14.1. The number of phenolic OH excluding ortho intramolecular Hbond substituents is 2. The van der Waals surface area contributed by atoms with E-state index in [1.807, 2.05) is 20.8 Å². The molecule has 3 saturated heterocycles. The van der Waals surface area contributed by atoms with Crippen LogP contribution in [0, 0.1) is 5.41 Å². The highest BCUT2D eigenvalue weighted by Gasteiger charge is 2.55. The Balaban J connectivity index is 1.29. The Morgan fingerprint density at radius 1 is 1.12 bits per heavy atom. The summed E-state index contributed by atoms with van der Waals surface area (Å²) in [5.41, 5.74) is 2.21. The van der Waals surface area contributed by atoms with Crippen molar-refractivity contribution in [1.82, 2.24) is 10.2 Å². The van der Waals surface area contributed by atoms with Gasteiger partial charge >= 0.3 is 0 Å². The topological polar surface area (TPSA) is 209 Å². The zero-order chi connectivity index (χ0) is 36.6. The number of carbonyl (C=O) groups excluding carboxylic acids is 3. The second-order valence-electron chi connectivity index (χ2n) is 14.7. The monoisotopic (exact) mass is 711 g/mol. The molecular weight excluding hydrogens is 666 g/mol. The number of phenols is 2. The van der Waals surface area contributed by atoms with Crippen molar-refractivity contribution in [2.24, 2.45) is 11.1 Å². The van der Waals surface area contributed by atoms with Crippen LogP contribution in [-0.2, 0) is 34.9 Å². The molecule has 8 atom stereocenters. The van der Waals surface area contributed by atoms with Gasteiger partial charge in [0.25, 0.3) is 5.91 Å². The number of aliphatic hydroxyl groups is 1. The van der Waals surface area contributed by atoms with Gasteiger partial charge in [-0.3, -0.25) is 19.3 Å². The predicted octanol–water partition coefficient (Wildman–Crippen LogP) is 1.25. The zero-order valence-electron chi connectivity index (χ0n) is 29.3. The molecule has 15 nitrogen and oxygen atoms in total. The van der Waals surface area contributed by atoms with Gasteiger partial charge in [0.15, 0.2) is 24.6 Å². The molecule has 3 aliphatic heterocycles. The molecule has 0 unspecified atom stereocenters. The van der Waals surface area contributed by atoms with Gasteiger partial charge in [0.2, 0.25) is 5.78 Å². The highest BCUT2D eigenvalue weighted by Crippen LogP contribution is 2.53. The lowest BCUT2D eigenvalue weighted by molar-refractivity contribution is -0.256. The van der Waals surface area contributed by atoms with Crippen LogP contribution in [-0.4, -0.2) is 121 Å². The Hall–Kier alpha value is -3.67. The average Bonchev–Trinajstić information content (AvgIpc) is 3.50. The van der Waals surface area contributed by atoms with Crippen LogP contribution in [0.5, 0.6) is 17.2 Å². The minimum Gasteiger partial charge on any atom is -0.507 e. The SMILES string of the molecule is COc1cccc2c1C(=O)c1c(O)c3c(c(O)c1C2=O)C[C@@](O)(C(=O)NCC(C)(C)CN)C[C@@H]3O[C@H]1C[C@H]2[C@H](O[C@@H]3[C@@H](OC)OCCN32)[C@H](C)O1. The minimum absolute atomic E-state index is 0.0165. The molecule has 0 spiro atoms. The quantitative estimate of drug-likeness (QED) is 0.209. The number of nitrogens with two attached hydrogens (primary N) is 1. The van der Waals surface area contributed by atoms with E-state index in [0.29, 0.717) is 19.6 Å². The lowest BCUT2D eigenvalue weighted by atomic mass is 9.72. The van der Waals surface area contributed by atoms with Gasteiger partial charge in [-0.05, 0) is 24.9 Å². The highest BCUT2D eigenvalue weighted by molar-refractivity contribution is 6.31. The van der Waals surface area contributed by atoms with Crippen molar-refractivity contribution < 1.29 is 58.1 Å². The van der Waals surface area contributed by atoms with Crippen LogP contribution >= 0.6 is 0 Å². The van der Waals surface area contributed by atoms with Crippen LogP contribution in [0.1, 0.15) is 82.7 Å². The van der Waals surface area contributed by atoms with E-state index in [1.54, 1.807) is 13.2 Å². The zero-order valence-corrected chi connectivity index (χ0v) is 29.3. The van der Waals surface area contributed by atoms with Crippen molar-refractivity contribution in [3.63, 3.8) is 0 Å². The molecule has 2 aromatic rings. The number of rotatable bonds is 8. The Morgan fingerprint density at radius 3 is 2.57 bits per heavy atom. The van der Waals surface area contributed by atoms with E-state index in [0.717, 1.165) is 0 Å². The van der Waals surface area contributed by atoms with Crippen LogP contribution in [0.25, 0.3) is 0 Å². The summed E-state index contributed by atoms with van der Waals surface area (Å²) in [6, 6.07) is 4.33. The predicted molar refractivity (Wildman–Crippen MR) is 177 cm³/mol. The van der Waals surface area contributed by atoms with E-state index >= 15 is 0 Å². The molecule has 1 amide bonds. The molecule has 2 aliphatic carbocycles. The number of benzene rings is 2. The van der Waals surface area contributed by atoms with Gasteiger partial charge in [0, 0.05) is 62.2 Å². The highest BCUT2D eigenvalue weighted by atomic mass is 16.7. The molecule has 3 heterocycles. The molecule has 0 saturated carbocycles. The number of amides is 1. The molecule has 0 bridgehead atoms. The summed E-state index contributed by atoms with van der Waals surface area (Å²) in [6.07, 6.45) is -4.58. The summed E-state index contributed by atoms with van der Waals surface area (Å²) < 4.78 is 35.8. The van der Waals surface area contributed by atoms with E-state index in [9.17, 15) is 29.7 Å². The Bertz CT molecular complexity index is 1770. The number of fused-ring (bicyclic) bond motifs is 6. The molecule has 2 aromatic carbocycles. The van der Waals surface area contributed by atoms with Gasteiger partial charge in [-0.2, -0.15) is 0 Å². The van der Waals surface area contributed by atoms with Gasteiger partial charge in [0.05, 0.1) is 42.6 Å². The summed E-state index contributed by atoms with van der Waals surface area (Å²) >= 11 is 0. The Kier molecular flexibility index (Phi) is 9.16. The summed E-state index contributed by atoms with van der Waals surface area (Å²) in [5.74, 6) is -3.29. The van der Waals surface area contributed by atoms with Crippen LogP contribution in [0.3, 0.4) is 0 Å². The fourth-order valence-corrected chi connectivity index (χ4v) is 8.06. The van der Waals surface area contributed by atoms with Crippen molar-refractivity contribution in [1.29, 1.82) is 0 Å².